The summed E-state index contributed by atoms with van der Waals surface area (Å²) in [4.78, 5) is 3.60. The second-order valence-electron chi connectivity index (χ2n) is 1.64. The minimum absolute atomic E-state index is 0.157. The van der Waals surface area contributed by atoms with Crippen LogP contribution in [0.4, 0.5) is 0 Å². The van der Waals surface area contributed by atoms with Gasteiger partial charge in [0.05, 0.1) is 0 Å². The summed E-state index contributed by atoms with van der Waals surface area (Å²) in [7, 11) is 0. The molecule has 0 spiro atoms. The van der Waals surface area contributed by atoms with Gasteiger partial charge < -0.3 is 10.8 Å². The Kier molecular flexibility index (Phi) is 5.06. The van der Waals surface area contributed by atoms with E-state index in [0.717, 1.165) is 5.57 Å². The topological polar surface area (TPSA) is 58.6 Å². The van der Waals surface area contributed by atoms with Crippen LogP contribution in [-0.4, -0.2) is 24.6 Å². The molecule has 0 aromatic carbocycles. The van der Waals surface area contributed by atoms with Crippen LogP contribution in [0.1, 0.15) is 6.92 Å². The third-order valence-electron chi connectivity index (χ3n) is 0.816. The van der Waals surface area contributed by atoms with Gasteiger partial charge in [0, 0.05) is 12.8 Å². The van der Waals surface area contributed by atoms with Gasteiger partial charge in [-0.1, -0.05) is 6.08 Å². The normalized spacial score (nSPS) is 13.0. The molecule has 0 aromatic rings. The molecule has 9 heavy (non-hydrogen) atoms. The van der Waals surface area contributed by atoms with Crippen LogP contribution in [0.25, 0.3) is 0 Å². The van der Waals surface area contributed by atoms with Crippen molar-refractivity contribution < 1.29 is 5.11 Å². The lowest BCUT2D eigenvalue weighted by atomic mass is 10.3. The fourth-order valence-electron chi connectivity index (χ4n) is 0.423. The van der Waals surface area contributed by atoms with Crippen molar-refractivity contribution in [3.8, 4) is 0 Å². The molecule has 0 aromatic heterocycles. The van der Waals surface area contributed by atoms with Crippen LogP contribution in [0.15, 0.2) is 16.6 Å². The van der Waals surface area contributed by atoms with Crippen molar-refractivity contribution in [2.75, 3.05) is 13.3 Å². The Bertz CT molecular complexity index is 118. The Labute approximate surface area is 54.9 Å². The van der Waals surface area contributed by atoms with Crippen molar-refractivity contribution in [1.29, 1.82) is 0 Å². The molecule has 0 unspecified atom stereocenters. The molecule has 0 amide bonds. The zero-order valence-electron chi connectivity index (χ0n) is 5.54. The molecule has 3 nitrogen and oxygen atoms in total. The Hall–Kier alpha value is -0.670. The molecule has 0 atom stereocenters. The van der Waals surface area contributed by atoms with Crippen LogP contribution in [-0.2, 0) is 0 Å². The first-order valence-electron chi connectivity index (χ1n) is 2.78. The first-order valence-corrected chi connectivity index (χ1v) is 2.78. The van der Waals surface area contributed by atoms with E-state index >= 15 is 0 Å². The Morgan fingerprint density at radius 2 is 2.44 bits per heavy atom. The third kappa shape index (κ3) is 5.20. The number of allylic oxidation sites excluding steroid dienone is 1. The van der Waals surface area contributed by atoms with E-state index in [1.165, 1.54) is 0 Å². The molecule has 3 heteroatoms. The van der Waals surface area contributed by atoms with E-state index in [2.05, 4.69) is 4.99 Å². The number of hydrogen-bond donors (Lipinski definition) is 2. The predicted molar refractivity (Wildman–Crippen MR) is 38.4 cm³/mol. The minimum atomic E-state index is -0.157. The fourth-order valence-corrected chi connectivity index (χ4v) is 0.423. The number of aliphatic hydroxyl groups excluding tert-OH is 1. The highest BCUT2D eigenvalue weighted by atomic mass is 16.3. The summed E-state index contributed by atoms with van der Waals surface area (Å²) in [5, 5.41) is 8.23. The maximum Gasteiger partial charge on any atom is 0.134 e. The minimum Gasteiger partial charge on any atom is -0.375 e. The largest absolute Gasteiger partial charge is 0.375 e. The molecule has 0 aliphatic carbocycles. The summed E-state index contributed by atoms with van der Waals surface area (Å²) >= 11 is 0. The Morgan fingerprint density at radius 1 is 1.78 bits per heavy atom. The van der Waals surface area contributed by atoms with Gasteiger partial charge in [-0.2, -0.15) is 0 Å². The first kappa shape index (κ1) is 8.33. The second kappa shape index (κ2) is 5.47. The van der Waals surface area contributed by atoms with Crippen molar-refractivity contribution in [2.24, 2.45) is 10.7 Å². The van der Waals surface area contributed by atoms with Crippen LogP contribution < -0.4 is 5.73 Å². The molecule has 0 heterocycles. The van der Waals surface area contributed by atoms with Gasteiger partial charge in [-0.05, 0) is 12.5 Å². The summed E-state index contributed by atoms with van der Waals surface area (Å²) in [6.45, 7) is 2.24. The molecule has 0 aliphatic rings. The quantitative estimate of drug-likeness (QED) is 0.522. The number of aliphatic imine (C=N–C) groups is 1. The lowest BCUT2D eigenvalue weighted by molar-refractivity contribution is 0.310. The standard InChI is InChI=1S/C6H12N2O/c1-6(2-3-7)4-8-5-9/h2,4,9H,3,5,7H2,1H3/b6-2-,8-4?. The molecule has 0 aliphatic heterocycles. The zero-order chi connectivity index (χ0) is 7.11. The number of rotatable bonds is 3. The molecular weight excluding hydrogens is 116 g/mol. The van der Waals surface area contributed by atoms with E-state index in [4.69, 9.17) is 10.8 Å². The van der Waals surface area contributed by atoms with E-state index in [0.29, 0.717) is 6.54 Å². The van der Waals surface area contributed by atoms with Crippen LogP contribution in [0.5, 0.6) is 0 Å². The molecule has 0 radical (unpaired) electrons. The monoisotopic (exact) mass is 128 g/mol. The van der Waals surface area contributed by atoms with Crippen molar-refractivity contribution in [3.05, 3.63) is 11.6 Å². The highest BCUT2D eigenvalue weighted by Crippen LogP contribution is 1.83. The summed E-state index contributed by atoms with van der Waals surface area (Å²) in [6, 6.07) is 0. The molecule has 0 bridgehead atoms. The second-order valence-corrected chi connectivity index (χ2v) is 1.64. The van der Waals surface area contributed by atoms with E-state index in [9.17, 15) is 0 Å². The number of hydrogen-bond acceptors (Lipinski definition) is 3. The summed E-state index contributed by atoms with van der Waals surface area (Å²) in [6.07, 6.45) is 3.42. The smallest absolute Gasteiger partial charge is 0.134 e. The highest BCUT2D eigenvalue weighted by molar-refractivity contribution is 5.77. The summed E-state index contributed by atoms with van der Waals surface area (Å²) < 4.78 is 0. The Balaban J connectivity index is 3.60. The van der Waals surface area contributed by atoms with Crippen molar-refractivity contribution in [1.82, 2.24) is 0 Å². The van der Waals surface area contributed by atoms with Crippen LogP contribution in [0.3, 0.4) is 0 Å². The highest BCUT2D eigenvalue weighted by Gasteiger charge is 1.77. The number of nitrogens with zero attached hydrogens (tertiary/aromatic N) is 1. The van der Waals surface area contributed by atoms with Crippen LogP contribution >= 0.6 is 0 Å². The lowest BCUT2D eigenvalue weighted by Gasteiger charge is -1.86. The first-order chi connectivity index (χ1) is 4.31. The zero-order valence-corrected chi connectivity index (χ0v) is 5.54. The van der Waals surface area contributed by atoms with Crippen molar-refractivity contribution in [3.63, 3.8) is 0 Å². The number of aliphatic hydroxyl groups is 1. The SMILES string of the molecule is C/C(C=NCO)=C/CN. The molecule has 0 saturated heterocycles. The summed E-state index contributed by atoms with van der Waals surface area (Å²) in [5.41, 5.74) is 6.18. The van der Waals surface area contributed by atoms with Gasteiger partial charge in [-0.15, -0.1) is 0 Å². The molecule has 3 N–H and O–H groups in total. The average molecular weight is 128 g/mol. The van der Waals surface area contributed by atoms with Gasteiger partial charge >= 0.3 is 0 Å². The summed E-state index contributed by atoms with van der Waals surface area (Å²) in [5.74, 6) is 0. The van der Waals surface area contributed by atoms with Gasteiger partial charge in [0.15, 0.2) is 0 Å². The van der Waals surface area contributed by atoms with Crippen molar-refractivity contribution >= 4 is 6.21 Å². The molecule has 0 rings (SSSR count). The van der Waals surface area contributed by atoms with Gasteiger partial charge in [0.2, 0.25) is 0 Å². The lowest BCUT2D eigenvalue weighted by Crippen LogP contribution is -1.95. The maximum absolute atomic E-state index is 8.23. The van der Waals surface area contributed by atoms with Crippen molar-refractivity contribution in [2.45, 2.75) is 6.92 Å². The fraction of sp³-hybridized carbons (Fsp3) is 0.500. The maximum atomic E-state index is 8.23. The average Bonchev–Trinajstić information content (AvgIpc) is 1.85. The Morgan fingerprint density at radius 3 is 2.89 bits per heavy atom. The van der Waals surface area contributed by atoms with Gasteiger partial charge in [0.1, 0.15) is 6.73 Å². The van der Waals surface area contributed by atoms with Gasteiger partial charge in [0.25, 0.3) is 0 Å². The van der Waals surface area contributed by atoms with Gasteiger partial charge in [-0.3, -0.25) is 4.99 Å². The van der Waals surface area contributed by atoms with E-state index < -0.39 is 0 Å². The van der Waals surface area contributed by atoms with E-state index in [-0.39, 0.29) is 6.73 Å². The molecule has 0 saturated carbocycles. The predicted octanol–water partition coefficient (Wildman–Crippen LogP) is -0.0880. The van der Waals surface area contributed by atoms with E-state index in [1.807, 2.05) is 13.0 Å². The number of nitrogens with two attached hydrogens (primary N) is 1. The van der Waals surface area contributed by atoms with Gasteiger partial charge in [-0.25, -0.2) is 0 Å². The molecule has 52 valence electrons. The van der Waals surface area contributed by atoms with Crippen LogP contribution in [0, 0.1) is 0 Å². The third-order valence-corrected chi connectivity index (χ3v) is 0.816. The molecule has 0 fully saturated rings. The van der Waals surface area contributed by atoms with Crippen LogP contribution in [0.2, 0.25) is 0 Å². The van der Waals surface area contributed by atoms with E-state index in [1.54, 1.807) is 6.21 Å². The molecular formula is C6H12N2O.